The van der Waals surface area contributed by atoms with E-state index >= 15 is 0 Å². The van der Waals surface area contributed by atoms with Crippen LogP contribution in [0.5, 0.6) is 5.75 Å². The summed E-state index contributed by atoms with van der Waals surface area (Å²) in [6.45, 7) is 2.62. The monoisotopic (exact) mass is 221 g/mol. The van der Waals surface area contributed by atoms with Gasteiger partial charge in [-0.05, 0) is 25.5 Å². The first-order chi connectivity index (χ1) is 7.92. The molecule has 1 aromatic rings. The molecule has 1 unspecified atom stereocenters. The number of rotatable bonds is 6. The van der Waals surface area contributed by atoms with E-state index in [1.165, 1.54) is 5.56 Å². The zero-order valence-corrected chi connectivity index (χ0v) is 9.74. The van der Waals surface area contributed by atoms with Gasteiger partial charge >= 0.3 is 0 Å². The predicted octanol–water partition coefficient (Wildman–Crippen LogP) is 2.14. The first-order valence-electron chi connectivity index (χ1n) is 5.86. The maximum absolute atomic E-state index is 5.60. The number of benzene rings is 1. The lowest BCUT2D eigenvalue weighted by molar-refractivity contribution is 0.192. The average molecular weight is 221 g/mol. The predicted molar refractivity (Wildman–Crippen MR) is 63.8 cm³/mol. The minimum Gasteiger partial charge on any atom is -0.491 e. The van der Waals surface area contributed by atoms with E-state index in [2.05, 4.69) is 17.4 Å². The molecule has 88 valence electrons. The number of hydrogen-bond donors (Lipinski definition) is 1. The third-order valence-electron chi connectivity index (χ3n) is 2.87. The van der Waals surface area contributed by atoms with Crippen LogP contribution in [0.2, 0.25) is 0 Å². The molecule has 0 saturated carbocycles. The maximum Gasteiger partial charge on any atom is 0.124 e. The first-order valence-corrected chi connectivity index (χ1v) is 5.86. The van der Waals surface area contributed by atoms with E-state index in [4.69, 9.17) is 9.47 Å². The van der Waals surface area contributed by atoms with Crippen molar-refractivity contribution in [2.75, 3.05) is 26.9 Å². The Morgan fingerprint density at radius 2 is 2.25 bits per heavy atom. The van der Waals surface area contributed by atoms with Gasteiger partial charge in [-0.25, -0.2) is 0 Å². The lowest BCUT2D eigenvalue weighted by Crippen LogP contribution is -2.23. The highest BCUT2D eigenvalue weighted by molar-refractivity contribution is 5.39. The summed E-state index contributed by atoms with van der Waals surface area (Å²) >= 11 is 0. The summed E-state index contributed by atoms with van der Waals surface area (Å²) in [4.78, 5) is 0. The summed E-state index contributed by atoms with van der Waals surface area (Å²) in [5.74, 6) is 1.02. The standard InChI is InChI=1S/C13H19NO2/c1-15-9-5-4-8-14-12-10-16-13-7-3-2-6-11(12)13/h2-3,6-7,12,14H,4-5,8-10H2,1H3. The minimum absolute atomic E-state index is 0.360. The van der Waals surface area contributed by atoms with Crippen LogP contribution in [0.15, 0.2) is 24.3 Å². The molecule has 1 aliphatic rings. The smallest absolute Gasteiger partial charge is 0.124 e. The summed E-state index contributed by atoms with van der Waals surface area (Å²) < 4.78 is 10.6. The van der Waals surface area contributed by atoms with Gasteiger partial charge in [0.2, 0.25) is 0 Å². The third kappa shape index (κ3) is 2.74. The SMILES string of the molecule is COCCCCNC1COc2ccccc21. The highest BCUT2D eigenvalue weighted by Crippen LogP contribution is 2.31. The number of nitrogens with one attached hydrogen (secondary N) is 1. The molecule has 2 rings (SSSR count). The van der Waals surface area contributed by atoms with Crippen molar-refractivity contribution in [3.05, 3.63) is 29.8 Å². The molecular formula is C13H19NO2. The Morgan fingerprint density at radius 1 is 1.38 bits per heavy atom. The first kappa shape index (κ1) is 11.4. The zero-order chi connectivity index (χ0) is 11.2. The van der Waals surface area contributed by atoms with Crippen molar-refractivity contribution in [1.82, 2.24) is 5.32 Å². The van der Waals surface area contributed by atoms with Crippen molar-refractivity contribution in [3.63, 3.8) is 0 Å². The molecule has 0 bridgehead atoms. The Balaban J connectivity index is 1.76. The Labute approximate surface area is 96.8 Å². The van der Waals surface area contributed by atoms with Gasteiger partial charge in [-0.15, -0.1) is 0 Å². The van der Waals surface area contributed by atoms with E-state index in [1.54, 1.807) is 7.11 Å². The van der Waals surface area contributed by atoms with Crippen molar-refractivity contribution in [2.24, 2.45) is 0 Å². The Hall–Kier alpha value is -1.06. The summed E-state index contributed by atoms with van der Waals surface area (Å²) in [6.07, 6.45) is 2.26. The molecule has 1 aliphatic heterocycles. The van der Waals surface area contributed by atoms with Crippen molar-refractivity contribution >= 4 is 0 Å². The second-order valence-electron chi connectivity index (χ2n) is 4.06. The Kier molecular flexibility index (Phi) is 4.19. The van der Waals surface area contributed by atoms with Gasteiger partial charge in [0.1, 0.15) is 12.4 Å². The van der Waals surface area contributed by atoms with Gasteiger partial charge in [-0.3, -0.25) is 0 Å². The molecule has 0 aliphatic carbocycles. The highest BCUT2D eigenvalue weighted by atomic mass is 16.5. The highest BCUT2D eigenvalue weighted by Gasteiger charge is 2.22. The van der Waals surface area contributed by atoms with Gasteiger partial charge in [0.15, 0.2) is 0 Å². The number of unbranched alkanes of at least 4 members (excludes halogenated alkanes) is 1. The van der Waals surface area contributed by atoms with Gasteiger partial charge < -0.3 is 14.8 Å². The number of para-hydroxylation sites is 1. The topological polar surface area (TPSA) is 30.5 Å². The zero-order valence-electron chi connectivity index (χ0n) is 9.74. The molecule has 3 heteroatoms. The Bertz CT molecular complexity index is 327. The lowest BCUT2D eigenvalue weighted by atomic mass is 10.1. The van der Waals surface area contributed by atoms with E-state index in [1.807, 2.05) is 12.1 Å². The average Bonchev–Trinajstić information content (AvgIpc) is 2.73. The second kappa shape index (κ2) is 5.87. The summed E-state index contributed by atoms with van der Waals surface area (Å²) in [5, 5.41) is 3.52. The second-order valence-corrected chi connectivity index (χ2v) is 4.06. The molecule has 0 saturated heterocycles. The van der Waals surface area contributed by atoms with Crippen LogP contribution in [0, 0.1) is 0 Å². The number of fused-ring (bicyclic) bond motifs is 1. The van der Waals surface area contributed by atoms with E-state index in [-0.39, 0.29) is 0 Å². The van der Waals surface area contributed by atoms with Gasteiger partial charge in [-0.1, -0.05) is 18.2 Å². The van der Waals surface area contributed by atoms with Crippen LogP contribution in [-0.2, 0) is 4.74 Å². The van der Waals surface area contributed by atoms with Crippen LogP contribution < -0.4 is 10.1 Å². The van der Waals surface area contributed by atoms with Crippen LogP contribution in [0.1, 0.15) is 24.4 Å². The van der Waals surface area contributed by atoms with Crippen molar-refractivity contribution in [3.8, 4) is 5.75 Å². The van der Waals surface area contributed by atoms with E-state index in [0.29, 0.717) is 6.04 Å². The van der Waals surface area contributed by atoms with Gasteiger partial charge in [0.05, 0.1) is 6.04 Å². The molecule has 0 fully saturated rings. The minimum atomic E-state index is 0.360. The number of methoxy groups -OCH3 is 1. The third-order valence-corrected chi connectivity index (χ3v) is 2.87. The maximum atomic E-state index is 5.60. The fourth-order valence-corrected chi connectivity index (χ4v) is 1.98. The molecule has 0 amide bonds. The van der Waals surface area contributed by atoms with E-state index in [9.17, 15) is 0 Å². The van der Waals surface area contributed by atoms with Crippen LogP contribution in [-0.4, -0.2) is 26.9 Å². The van der Waals surface area contributed by atoms with Crippen LogP contribution >= 0.6 is 0 Å². The number of hydrogen-bond acceptors (Lipinski definition) is 3. The van der Waals surface area contributed by atoms with E-state index < -0.39 is 0 Å². The summed E-state index contributed by atoms with van der Waals surface area (Å²) in [6, 6.07) is 8.60. The van der Waals surface area contributed by atoms with Gasteiger partial charge in [-0.2, -0.15) is 0 Å². The fourth-order valence-electron chi connectivity index (χ4n) is 1.98. The summed E-state index contributed by atoms with van der Waals surface area (Å²) in [5.41, 5.74) is 1.29. The molecule has 1 atom stereocenters. The normalized spacial score (nSPS) is 18.2. The van der Waals surface area contributed by atoms with Crippen LogP contribution in [0.3, 0.4) is 0 Å². The molecule has 3 nitrogen and oxygen atoms in total. The van der Waals surface area contributed by atoms with Crippen LogP contribution in [0.25, 0.3) is 0 Å². The van der Waals surface area contributed by atoms with Crippen LogP contribution in [0.4, 0.5) is 0 Å². The lowest BCUT2D eigenvalue weighted by Gasteiger charge is -2.11. The molecule has 0 aromatic heterocycles. The molecule has 0 radical (unpaired) electrons. The molecule has 1 N–H and O–H groups in total. The van der Waals surface area contributed by atoms with Gasteiger partial charge in [0, 0.05) is 19.3 Å². The molecule has 1 aromatic carbocycles. The molecule has 16 heavy (non-hydrogen) atoms. The molecule has 0 spiro atoms. The molecule has 1 heterocycles. The van der Waals surface area contributed by atoms with Crippen molar-refractivity contribution in [2.45, 2.75) is 18.9 Å². The fraction of sp³-hybridized carbons (Fsp3) is 0.538. The van der Waals surface area contributed by atoms with Crippen molar-refractivity contribution in [1.29, 1.82) is 0 Å². The van der Waals surface area contributed by atoms with Gasteiger partial charge in [0.25, 0.3) is 0 Å². The summed E-state index contributed by atoms with van der Waals surface area (Å²) in [7, 11) is 1.74. The largest absolute Gasteiger partial charge is 0.491 e. The van der Waals surface area contributed by atoms with E-state index in [0.717, 1.165) is 38.3 Å². The quantitative estimate of drug-likeness (QED) is 0.746. The number of ether oxygens (including phenoxy) is 2. The Morgan fingerprint density at radius 3 is 3.12 bits per heavy atom. The molecular weight excluding hydrogens is 202 g/mol. The van der Waals surface area contributed by atoms with Crippen molar-refractivity contribution < 1.29 is 9.47 Å².